The molecule has 1 fully saturated rings. The Kier molecular flexibility index (Phi) is 5.39. The number of aliphatic hydroxyl groups is 1. The van der Waals surface area contributed by atoms with Crippen molar-refractivity contribution in [2.45, 2.75) is 32.5 Å². The van der Waals surface area contributed by atoms with Gasteiger partial charge >= 0.3 is 0 Å². The largest absolute Gasteiger partial charge is 0.389 e. The van der Waals surface area contributed by atoms with E-state index in [9.17, 15) is 5.11 Å². The van der Waals surface area contributed by atoms with E-state index in [4.69, 9.17) is 9.72 Å². The maximum atomic E-state index is 10.2. The van der Waals surface area contributed by atoms with Gasteiger partial charge in [-0.3, -0.25) is 4.90 Å². The van der Waals surface area contributed by atoms with E-state index in [0.717, 1.165) is 36.8 Å². The van der Waals surface area contributed by atoms with Gasteiger partial charge < -0.3 is 14.7 Å². The van der Waals surface area contributed by atoms with Gasteiger partial charge in [0.25, 0.3) is 0 Å². The normalized spacial score (nSPS) is 18.2. The van der Waals surface area contributed by atoms with Crippen LogP contribution in [0.25, 0.3) is 10.2 Å². The first-order valence-corrected chi connectivity index (χ1v) is 9.37. The molecule has 0 bridgehead atoms. The Morgan fingerprint density at radius 2 is 1.92 bits per heavy atom. The quantitative estimate of drug-likeness (QED) is 0.899. The minimum Gasteiger partial charge on any atom is -0.389 e. The molecule has 3 rings (SSSR count). The molecule has 6 heteroatoms. The number of thiazole rings is 1. The molecular formula is C18H27N3O2S. The van der Waals surface area contributed by atoms with E-state index >= 15 is 0 Å². The molecule has 1 aromatic heterocycles. The van der Waals surface area contributed by atoms with Crippen LogP contribution in [0.1, 0.15) is 20.8 Å². The summed E-state index contributed by atoms with van der Waals surface area (Å²) in [5.74, 6) is 0. The number of anilines is 1. The van der Waals surface area contributed by atoms with Crippen LogP contribution in [-0.4, -0.2) is 66.0 Å². The van der Waals surface area contributed by atoms with Gasteiger partial charge in [-0.2, -0.15) is 0 Å². The van der Waals surface area contributed by atoms with Crippen LogP contribution >= 0.6 is 11.3 Å². The smallest absolute Gasteiger partial charge is 0.186 e. The number of β-amino-alcohol motifs (C(OH)–C–C–N with tert-alkyl or cyclic N) is 1. The Labute approximate surface area is 147 Å². The molecule has 1 atom stereocenters. The molecule has 1 unspecified atom stereocenters. The molecule has 5 nitrogen and oxygen atoms in total. The Balaban J connectivity index is 1.48. The Bertz CT molecular complexity index is 627. The van der Waals surface area contributed by atoms with Crippen LogP contribution < -0.4 is 4.90 Å². The summed E-state index contributed by atoms with van der Waals surface area (Å²) in [4.78, 5) is 9.39. The number of piperazine rings is 1. The second kappa shape index (κ2) is 7.35. The Morgan fingerprint density at radius 1 is 1.21 bits per heavy atom. The Hall–Kier alpha value is -1.21. The average Bonchev–Trinajstić information content (AvgIpc) is 2.97. The summed E-state index contributed by atoms with van der Waals surface area (Å²) >= 11 is 1.76. The average molecular weight is 350 g/mol. The van der Waals surface area contributed by atoms with Crippen molar-refractivity contribution in [3.63, 3.8) is 0 Å². The fourth-order valence-electron chi connectivity index (χ4n) is 2.81. The molecular weight excluding hydrogens is 322 g/mol. The van der Waals surface area contributed by atoms with E-state index in [-0.39, 0.29) is 5.60 Å². The van der Waals surface area contributed by atoms with Crippen molar-refractivity contribution in [2.24, 2.45) is 0 Å². The molecule has 0 spiro atoms. The second-order valence-electron chi connectivity index (χ2n) is 7.33. The first-order chi connectivity index (χ1) is 11.4. The van der Waals surface area contributed by atoms with Crippen LogP contribution in [0.15, 0.2) is 24.3 Å². The standard InChI is InChI=1S/C18H27N3O2S/c1-18(2,3)23-13-14(22)12-20-8-10-21(11-9-20)17-19-15-6-4-5-7-16(15)24-17/h4-7,14,22H,8-13H2,1-3H3. The first kappa shape index (κ1) is 17.6. The zero-order valence-corrected chi connectivity index (χ0v) is 15.6. The SMILES string of the molecule is CC(C)(C)OCC(O)CN1CCN(c2nc3ccccc3s2)CC1. The fourth-order valence-corrected chi connectivity index (χ4v) is 3.83. The number of fused-ring (bicyclic) bond motifs is 1. The van der Waals surface area contributed by atoms with Crippen molar-refractivity contribution in [2.75, 3.05) is 44.2 Å². The van der Waals surface area contributed by atoms with Gasteiger partial charge in [0.15, 0.2) is 5.13 Å². The molecule has 0 amide bonds. The summed E-state index contributed by atoms with van der Waals surface area (Å²) in [7, 11) is 0. The van der Waals surface area contributed by atoms with Crippen molar-refractivity contribution in [3.05, 3.63) is 24.3 Å². The molecule has 1 aliphatic rings. The van der Waals surface area contributed by atoms with E-state index in [1.54, 1.807) is 11.3 Å². The highest BCUT2D eigenvalue weighted by molar-refractivity contribution is 7.22. The van der Waals surface area contributed by atoms with Gasteiger partial charge in [0, 0.05) is 32.7 Å². The molecule has 1 saturated heterocycles. The van der Waals surface area contributed by atoms with Crippen LogP contribution in [0.4, 0.5) is 5.13 Å². The molecule has 24 heavy (non-hydrogen) atoms. The second-order valence-corrected chi connectivity index (χ2v) is 8.34. The van der Waals surface area contributed by atoms with Gasteiger partial charge in [-0.1, -0.05) is 23.5 Å². The van der Waals surface area contributed by atoms with Crippen molar-refractivity contribution in [1.82, 2.24) is 9.88 Å². The summed E-state index contributed by atoms with van der Waals surface area (Å²) in [5.41, 5.74) is 0.877. The molecule has 132 valence electrons. The fraction of sp³-hybridized carbons (Fsp3) is 0.611. The van der Waals surface area contributed by atoms with Crippen LogP contribution in [-0.2, 0) is 4.74 Å². The van der Waals surface area contributed by atoms with Gasteiger partial charge in [-0.15, -0.1) is 0 Å². The number of benzene rings is 1. The van der Waals surface area contributed by atoms with Crippen molar-refractivity contribution in [1.29, 1.82) is 0 Å². The van der Waals surface area contributed by atoms with Gasteiger partial charge in [0.2, 0.25) is 0 Å². The highest BCUT2D eigenvalue weighted by atomic mass is 32.1. The van der Waals surface area contributed by atoms with Crippen molar-refractivity contribution in [3.8, 4) is 0 Å². The highest BCUT2D eigenvalue weighted by Crippen LogP contribution is 2.29. The number of para-hydroxylation sites is 1. The monoisotopic (exact) mass is 349 g/mol. The zero-order valence-electron chi connectivity index (χ0n) is 14.7. The van der Waals surface area contributed by atoms with E-state index in [1.807, 2.05) is 26.8 Å². The lowest BCUT2D eigenvalue weighted by Crippen LogP contribution is -2.49. The minimum absolute atomic E-state index is 0.202. The molecule has 2 heterocycles. The topological polar surface area (TPSA) is 48.8 Å². The van der Waals surface area contributed by atoms with E-state index in [0.29, 0.717) is 13.2 Å². The lowest BCUT2D eigenvalue weighted by Gasteiger charge is -2.35. The molecule has 2 aromatic rings. The molecule has 1 aromatic carbocycles. The number of rotatable bonds is 5. The predicted molar refractivity (Wildman–Crippen MR) is 100.0 cm³/mol. The summed E-state index contributed by atoms with van der Waals surface area (Å²) in [6.07, 6.45) is -0.432. The molecule has 0 saturated carbocycles. The number of aromatic nitrogens is 1. The maximum Gasteiger partial charge on any atom is 0.186 e. The van der Waals surface area contributed by atoms with Crippen LogP contribution in [0, 0.1) is 0 Å². The third kappa shape index (κ3) is 4.66. The van der Waals surface area contributed by atoms with Crippen LogP contribution in [0.3, 0.4) is 0 Å². The number of aliphatic hydroxyl groups excluding tert-OH is 1. The molecule has 1 N–H and O–H groups in total. The van der Waals surface area contributed by atoms with Gasteiger partial charge in [0.05, 0.1) is 28.5 Å². The molecule has 0 radical (unpaired) electrons. The van der Waals surface area contributed by atoms with Crippen molar-refractivity contribution >= 4 is 26.7 Å². The van der Waals surface area contributed by atoms with Crippen molar-refractivity contribution < 1.29 is 9.84 Å². The third-order valence-corrected chi connectivity index (χ3v) is 5.20. The number of hydrogen-bond acceptors (Lipinski definition) is 6. The van der Waals surface area contributed by atoms with E-state index in [2.05, 4.69) is 28.0 Å². The summed E-state index contributed by atoms with van der Waals surface area (Å²) in [6.45, 7) is 10.9. The number of hydrogen-bond donors (Lipinski definition) is 1. The van der Waals surface area contributed by atoms with E-state index < -0.39 is 6.10 Å². The number of ether oxygens (including phenoxy) is 1. The lowest BCUT2D eigenvalue weighted by atomic mass is 10.2. The lowest BCUT2D eigenvalue weighted by molar-refractivity contribution is -0.0563. The first-order valence-electron chi connectivity index (χ1n) is 8.56. The van der Waals surface area contributed by atoms with E-state index in [1.165, 1.54) is 4.70 Å². The zero-order chi connectivity index (χ0) is 17.2. The Morgan fingerprint density at radius 3 is 2.58 bits per heavy atom. The number of nitrogens with zero attached hydrogens (tertiary/aromatic N) is 3. The van der Waals surface area contributed by atoms with Gasteiger partial charge in [0.1, 0.15) is 0 Å². The third-order valence-electron chi connectivity index (χ3n) is 4.10. The maximum absolute atomic E-state index is 10.2. The summed E-state index contributed by atoms with van der Waals surface area (Å²) < 4.78 is 6.90. The predicted octanol–water partition coefficient (Wildman–Crippen LogP) is 2.59. The van der Waals surface area contributed by atoms with Crippen LogP contribution in [0.5, 0.6) is 0 Å². The van der Waals surface area contributed by atoms with Gasteiger partial charge in [-0.25, -0.2) is 4.98 Å². The summed E-state index contributed by atoms with van der Waals surface area (Å²) in [5, 5.41) is 11.3. The summed E-state index contributed by atoms with van der Waals surface area (Å²) in [6, 6.07) is 8.28. The highest BCUT2D eigenvalue weighted by Gasteiger charge is 2.22. The van der Waals surface area contributed by atoms with Gasteiger partial charge in [-0.05, 0) is 32.9 Å². The molecule has 0 aliphatic carbocycles. The molecule has 1 aliphatic heterocycles. The van der Waals surface area contributed by atoms with Crippen LogP contribution in [0.2, 0.25) is 0 Å². The minimum atomic E-state index is -0.432.